The van der Waals surface area contributed by atoms with E-state index in [1.54, 1.807) is 24.5 Å². The van der Waals surface area contributed by atoms with Gasteiger partial charge in [-0.25, -0.2) is 9.78 Å². The number of hydrogen-bond donors (Lipinski definition) is 4. The Labute approximate surface area is 196 Å². The average Bonchev–Trinajstić information content (AvgIpc) is 3.22. The van der Waals surface area contributed by atoms with E-state index in [4.69, 9.17) is 5.73 Å². The smallest absolute Gasteiger partial charge is 0.319 e. The molecule has 0 saturated carbocycles. The Balaban J connectivity index is 1.49. The van der Waals surface area contributed by atoms with Gasteiger partial charge in [-0.05, 0) is 56.5 Å². The number of aromatic nitrogens is 2. The van der Waals surface area contributed by atoms with Crippen molar-refractivity contribution in [3.05, 3.63) is 48.4 Å². The van der Waals surface area contributed by atoms with Gasteiger partial charge < -0.3 is 26.6 Å². The number of thiazole rings is 1. The maximum atomic E-state index is 13.0. The molecule has 0 bridgehead atoms. The summed E-state index contributed by atoms with van der Waals surface area (Å²) in [5, 5.41) is 9.34. The van der Waals surface area contributed by atoms with Crippen molar-refractivity contribution in [2.45, 2.75) is 26.2 Å². The highest BCUT2D eigenvalue weighted by atomic mass is 32.1. The van der Waals surface area contributed by atoms with E-state index >= 15 is 0 Å². The predicted molar refractivity (Wildman–Crippen MR) is 133 cm³/mol. The van der Waals surface area contributed by atoms with Gasteiger partial charge in [0.2, 0.25) is 0 Å². The van der Waals surface area contributed by atoms with Crippen molar-refractivity contribution in [3.8, 4) is 10.6 Å². The van der Waals surface area contributed by atoms with Crippen molar-refractivity contribution in [2.75, 3.05) is 40.9 Å². The number of benzene rings is 1. The minimum absolute atomic E-state index is 0.188. The quantitative estimate of drug-likeness (QED) is 0.433. The lowest BCUT2D eigenvalue weighted by molar-refractivity contribution is 0.102. The average molecular weight is 466 g/mol. The van der Waals surface area contributed by atoms with E-state index in [0.717, 1.165) is 37.2 Å². The Kier molecular flexibility index (Phi) is 7.04. The van der Waals surface area contributed by atoms with Crippen molar-refractivity contribution in [2.24, 2.45) is 0 Å². The Morgan fingerprint density at radius 1 is 1.09 bits per heavy atom. The first-order valence-electron chi connectivity index (χ1n) is 11.0. The second-order valence-electron chi connectivity index (χ2n) is 7.69. The standard InChI is InChI=1S/C23H27N7O2S/c1-2-26-23(32)27-16-8-6-15(7-9-16)22-29-19(20(24)33-22)21(31)28-17-14-25-11-10-18(17)30-12-4-3-5-13-30/h6-11,14H,2-5,12-13,24H2,1H3,(H,28,31)(H2,26,27,32). The van der Waals surface area contributed by atoms with Crippen molar-refractivity contribution in [3.63, 3.8) is 0 Å². The highest BCUT2D eigenvalue weighted by molar-refractivity contribution is 7.19. The van der Waals surface area contributed by atoms with Crippen LogP contribution in [0.3, 0.4) is 0 Å². The predicted octanol–water partition coefficient (Wildman–Crippen LogP) is 4.17. The van der Waals surface area contributed by atoms with E-state index in [9.17, 15) is 9.59 Å². The van der Waals surface area contributed by atoms with Crippen LogP contribution in [0.1, 0.15) is 36.7 Å². The van der Waals surface area contributed by atoms with E-state index < -0.39 is 0 Å². The van der Waals surface area contributed by atoms with Crippen molar-refractivity contribution in [1.29, 1.82) is 0 Å². The Morgan fingerprint density at radius 3 is 2.58 bits per heavy atom. The summed E-state index contributed by atoms with van der Waals surface area (Å²) in [6.07, 6.45) is 6.89. The zero-order valence-electron chi connectivity index (χ0n) is 18.4. The molecule has 0 unspecified atom stereocenters. The number of nitrogens with zero attached hydrogens (tertiary/aromatic N) is 3. The molecule has 2 aromatic heterocycles. The normalized spacial score (nSPS) is 13.4. The lowest BCUT2D eigenvalue weighted by Crippen LogP contribution is -2.30. The lowest BCUT2D eigenvalue weighted by Gasteiger charge is -2.30. The summed E-state index contributed by atoms with van der Waals surface area (Å²) in [6, 6.07) is 8.88. The molecule has 3 amide bonds. The molecule has 4 rings (SSSR count). The third-order valence-electron chi connectivity index (χ3n) is 5.34. The number of nitrogens with two attached hydrogens (primary N) is 1. The number of carbonyl (C=O) groups is 2. The maximum absolute atomic E-state index is 13.0. The number of carbonyl (C=O) groups excluding carboxylic acids is 2. The Bertz CT molecular complexity index is 1120. The third kappa shape index (κ3) is 5.40. The molecule has 3 heterocycles. The Hall–Kier alpha value is -3.66. The molecule has 9 nitrogen and oxygen atoms in total. The lowest BCUT2D eigenvalue weighted by atomic mass is 10.1. The van der Waals surface area contributed by atoms with E-state index in [1.165, 1.54) is 17.8 Å². The number of hydrogen-bond acceptors (Lipinski definition) is 7. The fraction of sp³-hybridized carbons (Fsp3) is 0.304. The van der Waals surface area contributed by atoms with Crippen LogP contribution in [-0.2, 0) is 0 Å². The molecule has 1 aliphatic rings. The van der Waals surface area contributed by atoms with Gasteiger partial charge in [0.1, 0.15) is 10.0 Å². The van der Waals surface area contributed by atoms with Crippen LogP contribution >= 0.6 is 11.3 Å². The van der Waals surface area contributed by atoms with E-state index in [-0.39, 0.29) is 17.6 Å². The molecular weight excluding hydrogens is 438 g/mol. The molecular formula is C23H27N7O2S. The van der Waals surface area contributed by atoms with Crippen LogP contribution in [-0.4, -0.2) is 41.5 Å². The zero-order chi connectivity index (χ0) is 23.2. The van der Waals surface area contributed by atoms with E-state index in [0.29, 0.717) is 27.9 Å². The number of nitrogens with one attached hydrogen (secondary N) is 3. The number of pyridine rings is 1. The molecule has 1 aromatic carbocycles. The molecule has 1 aliphatic heterocycles. The Morgan fingerprint density at radius 2 is 1.85 bits per heavy atom. The summed E-state index contributed by atoms with van der Waals surface area (Å²) in [6.45, 7) is 4.32. The van der Waals surface area contributed by atoms with Gasteiger partial charge in [0.05, 0.1) is 17.6 Å². The zero-order valence-corrected chi connectivity index (χ0v) is 19.2. The summed E-state index contributed by atoms with van der Waals surface area (Å²) in [5.74, 6) is -0.365. The second kappa shape index (κ2) is 10.3. The van der Waals surface area contributed by atoms with Crippen LogP contribution in [0.25, 0.3) is 10.6 Å². The summed E-state index contributed by atoms with van der Waals surface area (Å²) in [7, 11) is 0. The number of anilines is 4. The van der Waals surface area contributed by atoms with Gasteiger partial charge in [0.15, 0.2) is 5.69 Å². The van der Waals surface area contributed by atoms with E-state index in [2.05, 4.69) is 30.8 Å². The number of rotatable bonds is 6. The van der Waals surface area contributed by atoms with Crippen LogP contribution in [0.5, 0.6) is 0 Å². The minimum atomic E-state index is -0.365. The molecule has 0 spiro atoms. The van der Waals surface area contributed by atoms with Crippen LogP contribution in [0.2, 0.25) is 0 Å². The highest BCUT2D eigenvalue weighted by Gasteiger charge is 2.21. The first-order chi connectivity index (χ1) is 16.0. The van der Waals surface area contributed by atoms with Crippen LogP contribution in [0.4, 0.5) is 26.9 Å². The summed E-state index contributed by atoms with van der Waals surface area (Å²) >= 11 is 1.25. The fourth-order valence-electron chi connectivity index (χ4n) is 3.73. The van der Waals surface area contributed by atoms with E-state index in [1.807, 2.05) is 25.1 Å². The van der Waals surface area contributed by atoms with Crippen molar-refractivity contribution < 1.29 is 9.59 Å². The molecule has 33 heavy (non-hydrogen) atoms. The van der Waals surface area contributed by atoms with Crippen molar-refractivity contribution >= 4 is 45.3 Å². The van der Waals surface area contributed by atoms with Gasteiger partial charge >= 0.3 is 6.03 Å². The molecule has 1 fully saturated rings. The number of urea groups is 1. The molecule has 10 heteroatoms. The fourth-order valence-corrected chi connectivity index (χ4v) is 4.56. The number of piperidine rings is 1. The molecule has 5 N–H and O–H groups in total. The summed E-state index contributed by atoms with van der Waals surface area (Å²) in [5.41, 5.74) is 9.42. The molecule has 172 valence electrons. The minimum Gasteiger partial charge on any atom is -0.389 e. The largest absolute Gasteiger partial charge is 0.389 e. The molecule has 0 aliphatic carbocycles. The van der Waals surface area contributed by atoms with Gasteiger partial charge in [-0.3, -0.25) is 9.78 Å². The van der Waals surface area contributed by atoms with Crippen molar-refractivity contribution in [1.82, 2.24) is 15.3 Å². The number of nitrogen functional groups attached to an aromatic ring is 1. The first kappa shape index (κ1) is 22.5. The van der Waals surface area contributed by atoms with Crippen LogP contribution < -0.4 is 26.6 Å². The monoisotopic (exact) mass is 465 g/mol. The van der Waals surface area contributed by atoms with Gasteiger partial charge in [-0.1, -0.05) is 11.3 Å². The molecule has 0 atom stereocenters. The van der Waals surface area contributed by atoms with Gasteiger partial charge in [0, 0.05) is 37.1 Å². The van der Waals surface area contributed by atoms with Crippen LogP contribution in [0.15, 0.2) is 42.7 Å². The highest BCUT2D eigenvalue weighted by Crippen LogP contribution is 2.32. The summed E-state index contributed by atoms with van der Waals surface area (Å²) < 4.78 is 0. The van der Waals surface area contributed by atoms with Gasteiger partial charge in [-0.2, -0.15) is 0 Å². The molecule has 0 radical (unpaired) electrons. The number of amides is 3. The SMILES string of the molecule is CCNC(=O)Nc1ccc(-c2nc(C(=O)Nc3cnccc3N3CCCCC3)c(N)s2)cc1. The van der Waals surface area contributed by atoms with Gasteiger partial charge in [-0.15, -0.1) is 0 Å². The topological polar surface area (TPSA) is 125 Å². The molecule has 3 aromatic rings. The first-order valence-corrected chi connectivity index (χ1v) is 11.8. The third-order valence-corrected chi connectivity index (χ3v) is 6.27. The maximum Gasteiger partial charge on any atom is 0.319 e. The van der Waals surface area contributed by atoms with Crippen LogP contribution in [0, 0.1) is 0 Å². The summed E-state index contributed by atoms with van der Waals surface area (Å²) in [4.78, 5) is 35.6. The molecule has 1 saturated heterocycles. The second-order valence-corrected chi connectivity index (χ2v) is 8.72. The van der Waals surface area contributed by atoms with Gasteiger partial charge in [0.25, 0.3) is 5.91 Å².